The minimum atomic E-state index is 0.346. The second-order valence-corrected chi connectivity index (χ2v) is 3.76. The van der Waals surface area contributed by atoms with Crippen LogP contribution in [0.25, 0.3) is 0 Å². The summed E-state index contributed by atoms with van der Waals surface area (Å²) >= 11 is 0. The van der Waals surface area contributed by atoms with Crippen LogP contribution in [0.4, 0.5) is 0 Å². The molecular formula is C10H19N. The molecule has 1 unspecified atom stereocenters. The highest BCUT2D eigenvalue weighted by Gasteiger charge is 2.28. The van der Waals surface area contributed by atoms with Crippen LogP contribution in [-0.2, 0) is 0 Å². The van der Waals surface area contributed by atoms with Crippen LogP contribution in [0.3, 0.4) is 0 Å². The Morgan fingerprint density at radius 2 is 2.27 bits per heavy atom. The van der Waals surface area contributed by atoms with Crippen molar-refractivity contribution in [3.63, 3.8) is 0 Å². The van der Waals surface area contributed by atoms with Gasteiger partial charge in [0.05, 0.1) is 0 Å². The van der Waals surface area contributed by atoms with E-state index in [0.717, 1.165) is 0 Å². The third kappa shape index (κ3) is 2.06. The van der Waals surface area contributed by atoms with Crippen LogP contribution in [-0.4, -0.2) is 12.1 Å². The summed E-state index contributed by atoms with van der Waals surface area (Å²) in [6.45, 7) is 7.81. The van der Waals surface area contributed by atoms with E-state index in [1.807, 2.05) is 0 Å². The van der Waals surface area contributed by atoms with Gasteiger partial charge in [0.25, 0.3) is 0 Å². The van der Waals surface area contributed by atoms with Crippen LogP contribution in [0.1, 0.15) is 40.0 Å². The number of hydrogen-bond acceptors (Lipinski definition) is 1. The lowest BCUT2D eigenvalue weighted by atomic mass is 9.92. The minimum Gasteiger partial charge on any atom is -0.308 e. The van der Waals surface area contributed by atoms with Crippen molar-refractivity contribution < 1.29 is 0 Å². The van der Waals surface area contributed by atoms with Crippen LogP contribution in [0.2, 0.25) is 0 Å². The van der Waals surface area contributed by atoms with E-state index in [-0.39, 0.29) is 0 Å². The van der Waals surface area contributed by atoms with Gasteiger partial charge in [-0.25, -0.2) is 0 Å². The molecule has 64 valence electrons. The van der Waals surface area contributed by atoms with E-state index in [1.54, 1.807) is 0 Å². The molecule has 0 bridgehead atoms. The average Bonchev–Trinajstić information content (AvgIpc) is 2.36. The molecule has 1 aliphatic rings. The Morgan fingerprint density at radius 3 is 2.64 bits per heavy atom. The number of nitrogens with one attached hydrogen (secondary N) is 1. The average molecular weight is 153 g/mol. The maximum atomic E-state index is 3.57. The molecular weight excluding hydrogens is 134 g/mol. The summed E-state index contributed by atoms with van der Waals surface area (Å²) in [5.41, 5.74) is 1.78. The van der Waals surface area contributed by atoms with Crippen molar-refractivity contribution in [3.8, 4) is 0 Å². The Kier molecular flexibility index (Phi) is 2.72. The Balaban J connectivity index is 2.67. The van der Waals surface area contributed by atoms with Gasteiger partial charge in [-0.1, -0.05) is 18.6 Å². The zero-order chi connectivity index (χ0) is 8.32. The van der Waals surface area contributed by atoms with Crippen molar-refractivity contribution in [2.24, 2.45) is 0 Å². The normalized spacial score (nSPS) is 30.5. The van der Waals surface area contributed by atoms with E-state index in [2.05, 4.69) is 32.2 Å². The van der Waals surface area contributed by atoms with Crippen molar-refractivity contribution in [1.29, 1.82) is 0 Å². The van der Waals surface area contributed by atoms with Gasteiger partial charge >= 0.3 is 0 Å². The van der Waals surface area contributed by atoms with Crippen LogP contribution in [0.5, 0.6) is 0 Å². The van der Waals surface area contributed by atoms with E-state index >= 15 is 0 Å². The van der Waals surface area contributed by atoms with E-state index in [4.69, 9.17) is 0 Å². The molecule has 1 atom stereocenters. The highest BCUT2D eigenvalue weighted by atomic mass is 15.0. The Morgan fingerprint density at radius 1 is 1.55 bits per heavy atom. The number of hydrogen-bond donors (Lipinski definition) is 1. The van der Waals surface area contributed by atoms with Gasteiger partial charge in [-0.15, -0.1) is 0 Å². The molecule has 0 aromatic rings. The standard InChI is InChI=1S/C10H19N/c1-4-10(8-9(2)3)6-5-7-11-10/h8,11H,4-7H2,1-3H3. The van der Waals surface area contributed by atoms with Crippen LogP contribution < -0.4 is 5.32 Å². The summed E-state index contributed by atoms with van der Waals surface area (Å²) < 4.78 is 0. The van der Waals surface area contributed by atoms with Gasteiger partial charge in [0, 0.05) is 5.54 Å². The first-order valence-electron chi connectivity index (χ1n) is 4.60. The van der Waals surface area contributed by atoms with E-state index in [0.29, 0.717) is 5.54 Å². The summed E-state index contributed by atoms with van der Waals surface area (Å²) in [6.07, 6.45) is 6.25. The molecule has 0 aliphatic carbocycles. The molecule has 0 saturated carbocycles. The van der Waals surface area contributed by atoms with Gasteiger partial charge in [0.15, 0.2) is 0 Å². The highest BCUT2D eigenvalue weighted by Crippen LogP contribution is 2.25. The summed E-state index contributed by atoms with van der Waals surface area (Å²) in [5, 5.41) is 3.57. The summed E-state index contributed by atoms with van der Waals surface area (Å²) in [4.78, 5) is 0. The van der Waals surface area contributed by atoms with Crippen molar-refractivity contribution >= 4 is 0 Å². The third-order valence-corrected chi connectivity index (χ3v) is 2.47. The quantitative estimate of drug-likeness (QED) is 0.601. The molecule has 1 rings (SSSR count). The number of rotatable bonds is 2. The summed E-state index contributed by atoms with van der Waals surface area (Å²) in [5.74, 6) is 0. The van der Waals surface area contributed by atoms with Crippen molar-refractivity contribution in [3.05, 3.63) is 11.6 Å². The van der Waals surface area contributed by atoms with Gasteiger partial charge in [-0.05, 0) is 39.7 Å². The Hall–Kier alpha value is -0.300. The first-order valence-corrected chi connectivity index (χ1v) is 4.60. The lowest BCUT2D eigenvalue weighted by Gasteiger charge is -2.24. The second kappa shape index (κ2) is 3.40. The smallest absolute Gasteiger partial charge is 0.0364 e. The molecule has 0 spiro atoms. The summed E-state index contributed by atoms with van der Waals surface area (Å²) in [7, 11) is 0. The molecule has 1 N–H and O–H groups in total. The van der Waals surface area contributed by atoms with E-state index < -0.39 is 0 Å². The Labute approximate surface area is 69.9 Å². The first-order chi connectivity index (χ1) is 5.18. The zero-order valence-corrected chi connectivity index (χ0v) is 7.91. The minimum absolute atomic E-state index is 0.346. The topological polar surface area (TPSA) is 12.0 Å². The lowest BCUT2D eigenvalue weighted by Crippen LogP contribution is -2.36. The van der Waals surface area contributed by atoms with Gasteiger partial charge in [0.2, 0.25) is 0 Å². The maximum Gasteiger partial charge on any atom is 0.0364 e. The monoisotopic (exact) mass is 153 g/mol. The van der Waals surface area contributed by atoms with Gasteiger partial charge < -0.3 is 5.32 Å². The molecule has 11 heavy (non-hydrogen) atoms. The lowest BCUT2D eigenvalue weighted by molar-refractivity contribution is 0.452. The van der Waals surface area contributed by atoms with Crippen LogP contribution in [0, 0.1) is 0 Å². The third-order valence-electron chi connectivity index (χ3n) is 2.47. The zero-order valence-electron chi connectivity index (χ0n) is 7.91. The second-order valence-electron chi connectivity index (χ2n) is 3.76. The predicted octanol–water partition coefficient (Wildman–Crippen LogP) is 2.48. The summed E-state index contributed by atoms with van der Waals surface area (Å²) in [6, 6.07) is 0. The molecule has 0 amide bonds. The molecule has 1 fully saturated rings. The fraction of sp³-hybridized carbons (Fsp3) is 0.800. The fourth-order valence-corrected chi connectivity index (χ4v) is 1.91. The largest absolute Gasteiger partial charge is 0.308 e. The molecule has 1 aliphatic heterocycles. The fourth-order valence-electron chi connectivity index (χ4n) is 1.91. The molecule has 0 aromatic carbocycles. The van der Waals surface area contributed by atoms with E-state index in [9.17, 15) is 0 Å². The molecule has 1 nitrogen and oxygen atoms in total. The first kappa shape index (κ1) is 8.79. The van der Waals surface area contributed by atoms with Crippen molar-refractivity contribution in [2.45, 2.75) is 45.6 Å². The maximum absolute atomic E-state index is 3.57. The molecule has 1 heterocycles. The predicted molar refractivity (Wildman–Crippen MR) is 49.7 cm³/mol. The van der Waals surface area contributed by atoms with Gasteiger partial charge in [0.1, 0.15) is 0 Å². The SMILES string of the molecule is CCC1(C=C(C)C)CCCN1. The molecule has 0 radical (unpaired) electrons. The molecule has 1 heteroatoms. The van der Waals surface area contributed by atoms with Crippen molar-refractivity contribution in [1.82, 2.24) is 5.32 Å². The van der Waals surface area contributed by atoms with Gasteiger partial charge in [-0.2, -0.15) is 0 Å². The Bertz CT molecular complexity index is 148. The van der Waals surface area contributed by atoms with E-state index in [1.165, 1.54) is 31.4 Å². The molecule has 1 saturated heterocycles. The van der Waals surface area contributed by atoms with Crippen LogP contribution in [0.15, 0.2) is 11.6 Å². The highest BCUT2D eigenvalue weighted by molar-refractivity contribution is 5.12. The number of allylic oxidation sites excluding steroid dienone is 1. The van der Waals surface area contributed by atoms with Crippen LogP contribution >= 0.6 is 0 Å². The molecule has 0 aromatic heterocycles. The van der Waals surface area contributed by atoms with Crippen molar-refractivity contribution in [2.75, 3.05) is 6.54 Å². The van der Waals surface area contributed by atoms with Gasteiger partial charge in [-0.3, -0.25) is 0 Å².